The molecule has 0 saturated heterocycles. The van der Waals surface area contributed by atoms with Crippen LogP contribution in [0.15, 0.2) is 0 Å². The zero-order chi connectivity index (χ0) is 11.7. The summed E-state index contributed by atoms with van der Waals surface area (Å²) in [6.07, 6.45) is 2.62. The van der Waals surface area contributed by atoms with Gasteiger partial charge in [-0.25, -0.2) is 4.79 Å². The van der Waals surface area contributed by atoms with E-state index in [1.807, 2.05) is 0 Å². The molecule has 0 saturated carbocycles. The highest BCUT2D eigenvalue weighted by atomic mass is 32.2. The molecule has 88 valence electrons. The van der Waals surface area contributed by atoms with E-state index in [1.54, 1.807) is 18.7 Å². The van der Waals surface area contributed by atoms with Crippen molar-refractivity contribution in [2.24, 2.45) is 0 Å². The van der Waals surface area contributed by atoms with Crippen molar-refractivity contribution in [1.29, 1.82) is 0 Å². The number of carboxylic acids is 1. The molecule has 0 aromatic carbocycles. The minimum atomic E-state index is -0.968. The van der Waals surface area contributed by atoms with Crippen LogP contribution in [-0.2, 0) is 9.59 Å². The largest absolute Gasteiger partial charge is 0.480 e. The number of hydrogen-bond donors (Lipinski definition) is 2. The maximum Gasteiger partial charge on any atom is 0.326 e. The predicted octanol–water partition coefficient (Wildman–Crippen LogP) is 1.50. The van der Waals surface area contributed by atoms with Crippen LogP contribution >= 0.6 is 11.8 Å². The molecular weight excluding hydrogens is 214 g/mol. The van der Waals surface area contributed by atoms with E-state index in [1.165, 1.54) is 0 Å². The highest BCUT2D eigenvalue weighted by Gasteiger charge is 2.16. The van der Waals surface area contributed by atoms with Gasteiger partial charge in [0.15, 0.2) is 0 Å². The highest BCUT2D eigenvalue weighted by Crippen LogP contribution is 2.04. The van der Waals surface area contributed by atoms with Gasteiger partial charge in [-0.3, -0.25) is 4.79 Å². The van der Waals surface area contributed by atoms with Crippen LogP contribution in [0.25, 0.3) is 0 Å². The van der Waals surface area contributed by atoms with Gasteiger partial charge in [0.05, 0.1) is 5.75 Å². The van der Waals surface area contributed by atoms with E-state index < -0.39 is 12.0 Å². The molecule has 15 heavy (non-hydrogen) atoms. The Bertz CT molecular complexity index is 209. The zero-order valence-corrected chi connectivity index (χ0v) is 10.1. The third-order valence-electron chi connectivity index (χ3n) is 1.92. The average molecular weight is 233 g/mol. The number of carboxylic acid groups (broad SMARTS) is 1. The number of aliphatic carboxylic acids is 1. The molecule has 0 aromatic rings. The molecule has 0 fully saturated rings. The van der Waals surface area contributed by atoms with E-state index in [0.29, 0.717) is 12.2 Å². The number of carbonyl (C=O) groups is 2. The number of carbonyl (C=O) groups excluding carboxylic acids is 1. The van der Waals surface area contributed by atoms with Crippen LogP contribution in [0.5, 0.6) is 0 Å². The quantitative estimate of drug-likeness (QED) is 0.623. The first kappa shape index (κ1) is 14.3. The molecule has 0 spiro atoms. The zero-order valence-electron chi connectivity index (χ0n) is 9.28. The van der Waals surface area contributed by atoms with Crippen LogP contribution in [0.3, 0.4) is 0 Å². The van der Waals surface area contributed by atoms with E-state index in [9.17, 15) is 9.59 Å². The molecule has 2 N–H and O–H groups in total. The van der Waals surface area contributed by atoms with Crippen LogP contribution in [0.2, 0.25) is 0 Å². The fourth-order valence-electron chi connectivity index (χ4n) is 0.986. The summed E-state index contributed by atoms with van der Waals surface area (Å²) in [5, 5.41) is 11.2. The molecule has 1 amide bonds. The fraction of sp³-hybridized carbons (Fsp3) is 0.800. The SMILES string of the molecule is CCCCSCC(=O)N[C@@H](CC)C(=O)O. The van der Waals surface area contributed by atoms with E-state index in [4.69, 9.17) is 5.11 Å². The first-order valence-electron chi connectivity index (χ1n) is 5.21. The molecule has 4 nitrogen and oxygen atoms in total. The van der Waals surface area contributed by atoms with Crippen molar-refractivity contribution in [1.82, 2.24) is 5.32 Å². The van der Waals surface area contributed by atoms with Crippen molar-refractivity contribution in [2.75, 3.05) is 11.5 Å². The molecule has 0 aliphatic heterocycles. The van der Waals surface area contributed by atoms with Crippen molar-refractivity contribution in [3.63, 3.8) is 0 Å². The second-order valence-electron chi connectivity index (χ2n) is 3.27. The molecule has 0 aliphatic carbocycles. The minimum absolute atomic E-state index is 0.189. The number of nitrogens with one attached hydrogen (secondary N) is 1. The fourth-order valence-corrected chi connectivity index (χ4v) is 1.89. The maximum atomic E-state index is 11.3. The Balaban J connectivity index is 3.67. The third-order valence-corrected chi connectivity index (χ3v) is 2.96. The van der Waals surface area contributed by atoms with E-state index in [2.05, 4.69) is 12.2 Å². The van der Waals surface area contributed by atoms with Crippen molar-refractivity contribution >= 4 is 23.6 Å². The Morgan fingerprint density at radius 2 is 2.07 bits per heavy atom. The lowest BCUT2D eigenvalue weighted by Crippen LogP contribution is -2.41. The lowest BCUT2D eigenvalue weighted by atomic mass is 10.2. The molecule has 1 atom stereocenters. The smallest absolute Gasteiger partial charge is 0.326 e. The van der Waals surface area contributed by atoms with Gasteiger partial charge in [0, 0.05) is 0 Å². The average Bonchev–Trinajstić information content (AvgIpc) is 2.20. The van der Waals surface area contributed by atoms with Gasteiger partial charge in [-0.05, 0) is 18.6 Å². The molecule has 0 radical (unpaired) electrons. The van der Waals surface area contributed by atoms with Crippen LogP contribution < -0.4 is 5.32 Å². The molecular formula is C10H19NO3S. The van der Waals surface area contributed by atoms with Crippen molar-refractivity contribution in [2.45, 2.75) is 39.2 Å². The Labute approximate surface area is 94.8 Å². The first-order valence-corrected chi connectivity index (χ1v) is 6.37. The summed E-state index contributed by atoms with van der Waals surface area (Å²) < 4.78 is 0. The number of hydrogen-bond acceptors (Lipinski definition) is 3. The summed E-state index contributed by atoms with van der Waals surface area (Å²) in [7, 11) is 0. The van der Waals surface area contributed by atoms with Crippen LogP contribution in [0.4, 0.5) is 0 Å². The molecule has 0 aromatic heterocycles. The molecule has 0 aliphatic rings. The number of amides is 1. The molecule has 0 bridgehead atoms. The Morgan fingerprint density at radius 1 is 1.40 bits per heavy atom. The second-order valence-corrected chi connectivity index (χ2v) is 4.38. The number of rotatable bonds is 8. The Kier molecular flexibility index (Phi) is 8.18. The monoisotopic (exact) mass is 233 g/mol. The second kappa shape index (κ2) is 8.59. The summed E-state index contributed by atoms with van der Waals surface area (Å²) in [4.78, 5) is 21.9. The van der Waals surface area contributed by atoms with Crippen molar-refractivity contribution < 1.29 is 14.7 Å². The standard InChI is InChI=1S/C10H19NO3S/c1-3-5-6-15-7-9(12)11-8(4-2)10(13)14/h8H,3-7H2,1-2H3,(H,11,12)(H,13,14)/t8-/m0/s1. The minimum Gasteiger partial charge on any atom is -0.480 e. The summed E-state index contributed by atoms with van der Waals surface area (Å²) in [6, 6.07) is -0.746. The summed E-state index contributed by atoms with van der Waals surface area (Å²) in [5.41, 5.74) is 0. The third kappa shape index (κ3) is 7.25. The molecule has 0 unspecified atom stereocenters. The molecule has 0 rings (SSSR count). The lowest BCUT2D eigenvalue weighted by molar-refractivity contribution is -0.141. The van der Waals surface area contributed by atoms with Crippen molar-refractivity contribution in [3.8, 4) is 0 Å². The maximum absolute atomic E-state index is 11.3. The Morgan fingerprint density at radius 3 is 2.53 bits per heavy atom. The van der Waals surface area contributed by atoms with E-state index in [0.717, 1.165) is 18.6 Å². The lowest BCUT2D eigenvalue weighted by Gasteiger charge is -2.11. The van der Waals surface area contributed by atoms with E-state index >= 15 is 0 Å². The van der Waals surface area contributed by atoms with Crippen LogP contribution in [-0.4, -0.2) is 34.5 Å². The van der Waals surface area contributed by atoms with Gasteiger partial charge in [-0.15, -0.1) is 0 Å². The van der Waals surface area contributed by atoms with Gasteiger partial charge in [-0.1, -0.05) is 20.3 Å². The topological polar surface area (TPSA) is 66.4 Å². The molecule has 0 heterocycles. The van der Waals surface area contributed by atoms with Gasteiger partial charge < -0.3 is 10.4 Å². The van der Waals surface area contributed by atoms with Gasteiger partial charge in [0.1, 0.15) is 6.04 Å². The summed E-state index contributed by atoms with van der Waals surface area (Å²) in [5.74, 6) is 0.146. The van der Waals surface area contributed by atoms with Crippen LogP contribution in [0.1, 0.15) is 33.1 Å². The summed E-state index contributed by atoms with van der Waals surface area (Å²) >= 11 is 1.55. The first-order chi connectivity index (χ1) is 7.11. The van der Waals surface area contributed by atoms with Crippen LogP contribution in [0, 0.1) is 0 Å². The Hall–Kier alpha value is -0.710. The van der Waals surface area contributed by atoms with Gasteiger partial charge >= 0.3 is 5.97 Å². The molecule has 5 heteroatoms. The number of thioether (sulfide) groups is 1. The van der Waals surface area contributed by atoms with E-state index in [-0.39, 0.29) is 5.91 Å². The normalized spacial score (nSPS) is 12.1. The van der Waals surface area contributed by atoms with Gasteiger partial charge in [-0.2, -0.15) is 11.8 Å². The number of unbranched alkanes of at least 4 members (excludes halogenated alkanes) is 1. The summed E-state index contributed by atoms with van der Waals surface area (Å²) in [6.45, 7) is 3.83. The van der Waals surface area contributed by atoms with Crippen molar-refractivity contribution in [3.05, 3.63) is 0 Å². The van der Waals surface area contributed by atoms with Gasteiger partial charge in [0.2, 0.25) is 5.91 Å². The van der Waals surface area contributed by atoms with Gasteiger partial charge in [0.25, 0.3) is 0 Å². The highest BCUT2D eigenvalue weighted by molar-refractivity contribution is 7.99. The predicted molar refractivity (Wildman–Crippen MR) is 62.1 cm³/mol.